The van der Waals surface area contributed by atoms with Crippen LogP contribution < -0.4 is 10.6 Å². The maximum absolute atomic E-state index is 14.2. The minimum Gasteiger partial charge on any atom is -0.465 e. The highest BCUT2D eigenvalue weighted by atomic mass is 32.3. The number of rotatable bonds is 9. The van der Waals surface area contributed by atoms with E-state index in [9.17, 15) is 32.6 Å². The van der Waals surface area contributed by atoms with Crippen LogP contribution in [0, 0.1) is 17.6 Å². The predicted molar refractivity (Wildman–Crippen MR) is 167 cm³/mol. The van der Waals surface area contributed by atoms with E-state index in [-0.39, 0.29) is 24.0 Å². The molecule has 5 N–H and O–H groups in total. The van der Waals surface area contributed by atoms with Gasteiger partial charge in [-0.05, 0) is 79.8 Å². The van der Waals surface area contributed by atoms with Gasteiger partial charge in [0, 0.05) is 44.2 Å². The Hall–Kier alpha value is -2.77. The second-order valence-corrected chi connectivity index (χ2v) is 14.6. The number of hydrogen-bond acceptors (Lipinski definition) is 6. The SMILES string of the molecule is CN(C(=O)O)[C@H](C(=O)N[C@H]1CCCC[C@@H]1CC[C@H]1CN[C@@H]2CCCS(O)(O)N1C2)C(c1ccc(F)cc1)c1ccc(F)cc1. The average molecular weight is 635 g/mol. The Balaban J connectivity index is 1.36. The lowest BCUT2D eigenvalue weighted by molar-refractivity contribution is -0.127. The summed E-state index contributed by atoms with van der Waals surface area (Å²) in [4.78, 5) is 27.4. The van der Waals surface area contributed by atoms with Crippen LogP contribution >= 0.6 is 10.8 Å². The van der Waals surface area contributed by atoms with E-state index in [4.69, 9.17) is 0 Å². The zero-order valence-electron chi connectivity index (χ0n) is 25.1. The van der Waals surface area contributed by atoms with Crippen molar-refractivity contribution in [2.45, 2.75) is 81.5 Å². The predicted octanol–water partition coefficient (Wildman–Crippen LogP) is 5.63. The fourth-order valence-electron chi connectivity index (χ4n) is 7.26. The molecule has 242 valence electrons. The van der Waals surface area contributed by atoms with E-state index in [1.807, 2.05) is 4.31 Å². The molecule has 2 saturated heterocycles. The maximum atomic E-state index is 14.2. The topological polar surface area (TPSA) is 125 Å². The number of piperazine rings is 1. The molecule has 1 aliphatic carbocycles. The second kappa shape index (κ2) is 14.1. The summed E-state index contributed by atoms with van der Waals surface area (Å²) in [7, 11) is -1.47. The monoisotopic (exact) mass is 634 g/mol. The summed E-state index contributed by atoms with van der Waals surface area (Å²) in [5.74, 6) is -1.66. The number of likely N-dealkylation sites (N-methyl/N-ethyl adjacent to an activating group) is 1. The minimum atomic E-state index is -2.81. The Labute approximate surface area is 259 Å². The second-order valence-electron chi connectivity index (χ2n) is 12.5. The van der Waals surface area contributed by atoms with E-state index in [1.54, 1.807) is 0 Å². The van der Waals surface area contributed by atoms with Crippen LogP contribution in [0.25, 0.3) is 0 Å². The summed E-state index contributed by atoms with van der Waals surface area (Å²) in [5, 5.41) is 16.8. The number of nitrogens with zero attached hydrogens (tertiary/aromatic N) is 2. The van der Waals surface area contributed by atoms with Gasteiger partial charge < -0.3 is 15.7 Å². The number of nitrogens with one attached hydrogen (secondary N) is 2. The smallest absolute Gasteiger partial charge is 0.407 e. The zero-order valence-corrected chi connectivity index (χ0v) is 25.9. The highest BCUT2D eigenvalue weighted by molar-refractivity contribution is 8.22. The van der Waals surface area contributed by atoms with Gasteiger partial charge in [-0.1, -0.05) is 37.1 Å². The quantitative estimate of drug-likeness (QED) is 0.242. The van der Waals surface area contributed by atoms with Crippen LogP contribution in [0.1, 0.15) is 68.4 Å². The molecule has 0 aromatic heterocycles. The molecule has 2 aromatic carbocycles. The molecule has 12 heteroatoms. The van der Waals surface area contributed by atoms with Crippen LogP contribution in [0.15, 0.2) is 48.5 Å². The van der Waals surface area contributed by atoms with Crippen molar-refractivity contribution < 1.29 is 32.6 Å². The van der Waals surface area contributed by atoms with Crippen molar-refractivity contribution >= 4 is 22.8 Å². The number of halogens is 2. The van der Waals surface area contributed by atoms with Crippen molar-refractivity contribution in [2.75, 3.05) is 25.9 Å². The Bertz CT molecular complexity index is 1240. The van der Waals surface area contributed by atoms with Crippen LogP contribution in [0.3, 0.4) is 0 Å². The average Bonchev–Trinajstić information content (AvgIpc) is 3.11. The first-order chi connectivity index (χ1) is 21.0. The van der Waals surface area contributed by atoms with E-state index >= 15 is 0 Å². The molecule has 3 aliphatic rings. The Morgan fingerprint density at radius 3 is 2.20 bits per heavy atom. The number of benzene rings is 2. The third-order valence-electron chi connectivity index (χ3n) is 9.67. The van der Waals surface area contributed by atoms with Crippen LogP contribution in [-0.2, 0) is 4.79 Å². The lowest BCUT2D eigenvalue weighted by Gasteiger charge is -2.49. The van der Waals surface area contributed by atoms with E-state index < -0.39 is 46.4 Å². The lowest BCUT2D eigenvalue weighted by atomic mass is 9.79. The molecule has 1 unspecified atom stereocenters. The van der Waals surface area contributed by atoms with Gasteiger partial charge in [-0.15, -0.1) is 10.8 Å². The molecule has 44 heavy (non-hydrogen) atoms. The van der Waals surface area contributed by atoms with Crippen molar-refractivity contribution in [2.24, 2.45) is 5.92 Å². The minimum absolute atomic E-state index is 0.0140. The number of carbonyl (C=O) groups excluding carboxylic acids is 1. The van der Waals surface area contributed by atoms with Crippen molar-refractivity contribution in [3.63, 3.8) is 0 Å². The fourth-order valence-corrected chi connectivity index (χ4v) is 9.12. The van der Waals surface area contributed by atoms with Gasteiger partial charge in [0.1, 0.15) is 17.7 Å². The molecule has 0 radical (unpaired) electrons. The summed E-state index contributed by atoms with van der Waals surface area (Å²) in [6.45, 7) is 1.31. The van der Waals surface area contributed by atoms with Gasteiger partial charge in [-0.2, -0.15) is 0 Å². The molecule has 2 aromatic rings. The first-order valence-electron chi connectivity index (χ1n) is 15.6. The Morgan fingerprint density at radius 1 is 0.977 bits per heavy atom. The van der Waals surface area contributed by atoms with E-state index in [2.05, 4.69) is 10.6 Å². The third kappa shape index (κ3) is 7.54. The molecular weight excluding hydrogens is 590 g/mol. The van der Waals surface area contributed by atoms with Gasteiger partial charge in [0.05, 0.1) is 5.75 Å². The lowest BCUT2D eigenvalue weighted by Crippen LogP contribution is -2.56. The van der Waals surface area contributed by atoms with Crippen molar-refractivity contribution in [1.29, 1.82) is 0 Å². The molecule has 5 rings (SSSR count). The largest absolute Gasteiger partial charge is 0.465 e. The molecule has 9 nitrogen and oxygen atoms in total. The number of carbonyl (C=O) groups is 2. The Morgan fingerprint density at radius 2 is 1.59 bits per heavy atom. The molecular formula is C32H44F2N4O5S. The first kappa shape index (κ1) is 32.6. The van der Waals surface area contributed by atoms with Gasteiger partial charge in [-0.25, -0.2) is 17.9 Å². The molecule has 1 saturated carbocycles. The Kier molecular flexibility index (Phi) is 10.5. The number of amides is 2. The highest BCUT2D eigenvalue weighted by Crippen LogP contribution is 2.49. The third-order valence-corrected chi connectivity index (χ3v) is 11.7. The van der Waals surface area contributed by atoms with E-state index in [0.29, 0.717) is 30.0 Å². The summed E-state index contributed by atoms with van der Waals surface area (Å²) in [6.07, 6.45) is 5.56. The van der Waals surface area contributed by atoms with Gasteiger partial charge in [-0.3, -0.25) is 18.8 Å². The molecule has 2 heterocycles. The van der Waals surface area contributed by atoms with Crippen LogP contribution in [0.2, 0.25) is 0 Å². The number of carboxylic acid groups (broad SMARTS) is 1. The highest BCUT2D eigenvalue weighted by Gasteiger charge is 2.41. The molecule has 2 amide bonds. The molecule has 2 bridgehead atoms. The summed E-state index contributed by atoms with van der Waals surface area (Å²) in [5.41, 5.74) is 1.07. The molecule has 6 atom stereocenters. The van der Waals surface area contributed by atoms with E-state index in [0.717, 1.165) is 56.3 Å². The summed E-state index contributed by atoms with van der Waals surface area (Å²) < 4.78 is 51.4. The van der Waals surface area contributed by atoms with Crippen molar-refractivity contribution in [1.82, 2.24) is 19.8 Å². The van der Waals surface area contributed by atoms with Crippen molar-refractivity contribution in [3.8, 4) is 0 Å². The van der Waals surface area contributed by atoms with Crippen LogP contribution in [0.4, 0.5) is 13.6 Å². The summed E-state index contributed by atoms with van der Waals surface area (Å²) >= 11 is 0. The maximum Gasteiger partial charge on any atom is 0.407 e. The van der Waals surface area contributed by atoms with Gasteiger partial charge in [0.25, 0.3) is 0 Å². The fraction of sp³-hybridized carbons (Fsp3) is 0.562. The molecule has 3 fully saturated rings. The zero-order chi connectivity index (χ0) is 31.4. The first-order valence-corrected chi connectivity index (χ1v) is 17.2. The molecule has 0 spiro atoms. The van der Waals surface area contributed by atoms with Gasteiger partial charge in [0.2, 0.25) is 5.91 Å². The van der Waals surface area contributed by atoms with Crippen LogP contribution in [-0.4, -0.2) is 85.5 Å². The van der Waals surface area contributed by atoms with Gasteiger partial charge in [0.15, 0.2) is 0 Å². The number of hydrogen-bond donors (Lipinski definition) is 5. The molecule has 2 aliphatic heterocycles. The summed E-state index contributed by atoms with van der Waals surface area (Å²) in [6, 6.07) is 10.0. The van der Waals surface area contributed by atoms with Crippen LogP contribution in [0.5, 0.6) is 0 Å². The van der Waals surface area contributed by atoms with Crippen molar-refractivity contribution in [3.05, 3.63) is 71.3 Å². The van der Waals surface area contributed by atoms with E-state index in [1.165, 1.54) is 55.6 Å². The number of fused-ring (bicyclic) bond motifs is 2. The normalized spacial score (nSPS) is 28.0. The van der Waals surface area contributed by atoms with Gasteiger partial charge >= 0.3 is 6.09 Å². The standard InChI is InChI=1S/C32H44F2N4O5S/c1-37(32(40)41)30(29(22-8-13-24(33)14-9-22)23-10-15-25(34)16-11-23)31(39)36-28-7-3-2-5-21(28)12-17-27-19-35-26-6-4-18-44(42,43)38(27)20-26/h8-11,13-16,21,26-30,35,42-43H,2-7,12,17-20H2,1H3,(H,36,39)(H,40,41)/t21-,26-,27+,28+,30+/m1/s1.